The van der Waals surface area contributed by atoms with Crippen molar-refractivity contribution >= 4 is 17.4 Å². The highest BCUT2D eigenvalue weighted by molar-refractivity contribution is 5.96. The molecule has 33 heavy (non-hydrogen) atoms. The van der Waals surface area contributed by atoms with Crippen molar-refractivity contribution in [3.63, 3.8) is 0 Å². The van der Waals surface area contributed by atoms with Gasteiger partial charge in [-0.1, -0.05) is 65.2 Å². The van der Waals surface area contributed by atoms with Gasteiger partial charge in [0, 0.05) is 13.1 Å². The van der Waals surface area contributed by atoms with Crippen LogP contribution >= 0.6 is 0 Å². The van der Waals surface area contributed by atoms with Gasteiger partial charge in [0.2, 0.25) is 0 Å². The second kappa shape index (κ2) is 12.9. The molecule has 1 amide bonds. The first-order chi connectivity index (χ1) is 15.8. The van der Waals surface area contributed by atoms with E-state index in [4.69, 9.17) is 10.5 Å². The van der Waals surface area contributed by atoms with Gasteiger partial charge in [-0.2, -0.15) is 0 Å². The fraction of sp³-hybridized carbons (Fsp3) is 0.560. The number of nitrogens with two attached hydrogens (primary N) is 1. The molecule has 0 saturated heterocycles. The predicted octanol–water partition coefficient (Wildman–Crippen LogP) is 4.03. The molecule has 1 unspecified atom stereocenters. The molecule has 1 atom stereocenters. The first-order valence-electron chi connectivity index (χ1n) is 12.0. The van der Waals surface area contributed by atoms with Gasteiger partial charge in [0.25, 0.3) is 11.5 Å². The Hall–Kier alpha value is -3.03. The van der Waals surface area contributed by atoms with Crippen molar-refractivity contribution in [2.75, 3.05) is 23.8 Å². The van der Waals surface area contributed by atoms with Gasteiger partial charge in [0.1, 0.15) is 11.6 Å². The molecule has 2 rings (SSSR count). The van der Waals surface area contributed by atoms with Crippen molar-refractivity contribution in [3.8, 4) is 5.75 Å². The first kappa shape index (κ1) is 26.2. The molecule has 8 nitrogen and oxygen atoms in total. The Balaban J connectivity index is 2.37. The summed E-state index contributed by atoms with van der Waals surface area (Å²) in [7, 11) is 0. The minimum Gasteiger partial charge on any atom is -0.483 e. The summed E-state index contributed by atoms with van der Waals surface area (Å²) in [6.07, 6.45) is 5.11. The average Bonchev–Trinajstić information content (AvgIpc) is 2.81. The number of unbranched alkanes of at least 4 members (excludes halogenated alkanes) is 3. The lowest BCUT2D eigenvalue weighted by Gasteiger charge is -2.25. The van der Waals surface area contributed by atoms with Crippen LogP contribution in [-0.2, 0) is 11.3 Å². The topological polar surface area (TPSA) is 110 Å². The summed E-state index contributed by atoms with van der Waals surface area (Å²) in [5.74, 6) is 0.589. The first-order valence-corrected chi connectivity index (χ1v) is 12.0. The largest absolute Gasteiger partial charge is 0.483 e. The third kappa shape index (κ3) is 6.73. The van der Waals surface area contributed by atoms with Gasteiger partial charge in [0.15, 0.2) is 12.3 Å². The molecule has 0 aliphatic rings. The van der Waals surface area contributed by atoms with Crippen LogP contribution in [0.3, 0.4) is 0 Å². The van der Waals surface area contributed by atoms with Crippen LogP contribution in [0.5, 0.6) is 5.75 Å². The average molecular weight is 459 g/mol. The zero-order valence-corrected chi connectivity index (χ0v) is 20.4. The number of carbonyl (C=O) groups is 1. The Kier molecular flexibility index (Phi) is 10.2. The maximum atomic E-state index is 13.3. The maximum absolute atomic E-state index is 13.3. The predicted molar refractivity (Wildman–Crippen MR) is 133 cm³/mol. The summed E-state index contributed by atoms with van der Waals surface area (Å²) in [5.41, 5.74) is 6.10. The quantitative estimate of drug-likeness (QED) is 0.440. The van der Waals surface area contributed by atoms with Crippen LogP contribution in [0, 0.1) is 0 Å². The number of nitrogens with zero attached hydrogens (tertiary/aromatic N) is 2. The number of nitrogen functional groups attached to an aromatic ring is 1. The summed E-state index contributed by atoms with van der Waals surface area (Å²) < 4.78 is 7.25. The van der Waals surface area contributed by atoms with Gasteiger partial charge in [-0.15, -0.1) is 0 Å². The van der Waals surface area contributed by atoms with E-state index in [1.165, 1.54) is 9.47 Å². The highest BCUT2D eigenvalue weighted by Crippen LogP contribution is 2.28. The number of rotatable bonds is 13. The second-order valence-corrected chi connectivity index (χ2v) is 8.39. The van der Waals surface area contributed by atoms with Crippen LogP contribution in [0.25, 0.3) is 0 Å². The Morgan fingerprint density at radius 1 is 1.12 bits per heavy atom. The van der Waals surface area contributed by atoms with Gasteiger partial charge in [0.05, 0.1) is 0 Å². The molecule has 8 heteroatoms. The number of hydrogen-bond donors (Lipinski definition) is 2. The van der Waals surface area contributed by atoms with E-state index in [2.05, 4.69) is 25.8 Å². The zero-order chi connectivity index (χ0) is 24.4. The van der Waals surface area contributed by atoms with E-state index in [-0.39, 0.29) is 29.9 Å². The van der Waals surface area contributed by atoms with Gasteiger partial charge in [-0.05, 0) is 36.8 Å². The fourth-order valence-corrected chi connectivity index (χ4v) is 3.71. The fourth-order valence-electron chi connectivity index (χ4n) is 3.71. The Morgan fingerprint density at radius 3 is 2.48 bits per heavy atom. The number of hydrogen-bond acceptors (Lipinski definition) is 5. The van der Waals surface area contributed by atoms with Crippen molar-refractivity contribution in [1.82, 2.24) is 9.55 Å². The molecule has 2 aromatic rings. The van der Waals surface area contributed by atoms with Crippen molar-refractivity contribution in [3.05, 3.63) is 50.7 Å². The standard InChI is InChI=1S/C25H38N4O4/c1-5-8-12-16-28(22-23(26)29(15-9-6-2)25(32)27-24(22)31)21(30)17-33-20-14-11-10-13-19(20)18(4)7-3/h10-11,13-14,18H,5-9,12,15-17,26H2,1-4H3,(H,27,31,32). The SMILES string of the molecule is CCCCCN(C(=O)COc1ccccc1C(C)CC)c1c(N)n(CCCC)c(=O)[nH]c1=O. The number of benzene rings is 1. The van der Waals surface area contributed by atoms with Crippen molar-refractivity contribution in [1.29, 1.82) is 0 Å². The van der Waals surface area contributed by atoms with Gasteiger partial charge < -0.3 is 15.4 Å². The molecule has 0 bridgehead atoms. The number of anilines is 2. The lowest BCUT2D eigenvalue weighted by atomic mass is 9.98. The molecule has 0 spiro atoms. The highest BCUT2D eigenvalue weighted by Gasteiger charge is 2.24. The number of nitrogens with one attached hydrogen (secondary N) is 1. The maximum Gasteiger partial charge on any atom is 0.330 e. The van der Waals surface area contributed by atoms with Crippen molar-refractivity contribution in [2.45, 2.75) is 78.7 Å². The minimum atomic E-state index is -0.657. The second-order valence-electron chi connectivity index (χ2n) is 8.39. The zero-order valence-electron chi connectivity index (χ0n) is 20.4. The number of aromatic nitrogens is 2. The van der Waals surface area contributed by atoms with E-state index >= 15 is 0 Å². The number of para-hydroxylation sites is 1. The molecule has 3 N–H and O–H groups in total. The van der Waals surface area contributed by atoms with Crippen LogP contribution in [-0.4, -0.2) is 28.6 Å². The number of carbonyl (C=O) groups excluding carboxylic acids is 1. The number of aromatic amines is 1. The molecule has 1 aromatic heterocycles. The Morgan fingerprint density at radius 2 is 1.82 bits per heavy atom. The van der Waals surface area contributed by atoms with Crippen LogP contribution in [0.1, 0.15) is 77.7 Å². The summed E-state index contributed by atoms with van der Waals surface area (Å²) in [4.78, 5) is 42.0. The molecule has 1 aromatic carbocycles. The van der Waals surface area contributed by atoms with Crippen molar-refractivity contribution in [2.24, 2.45) is 0 Å². The van der Waals surface area contributed by atoms with E-state index in [0.717, 1.165) is 37.7 Å². The monoisotopic (exact) mass is 458 g/mol. The molecule has 1 heterocycles. The molecular weight excluding hydrogens is 420 g/mol. The normalized spacial score (nSPS) is 11.9. The summed E-state index contributed by atoms with van der Waals surface area (Å²) in [6, 6.07) is 7.67. The van der Waals surface area contributed by atoms with E-state index in [0.29, 0.717) is 25.3 Å². The molecular formula is C25H38N4O4. The van der Waals surface area contributed by atoms with E-state index in [9.17, 15) is 14.4 Å². The minimum absolute atomic E-state index is 0.0158. The van der Waals surface area contributed by atoms with E-state index in [1.807, 2.05) is 31.2 Å². The molecule has 0 saturated carbocycles. The summed E-state index contributed by atoms with van der Waals surface area (Å²) in [6.45, 7) is 8.75. The lowest BCUT2D eigenvalue weighted by Crippen LogP contribution is -2.43. The lowest BCUT2D eigenvalue weighted by molar-refractivity contribution is -0.120. The molecule has 0 aliphatic heterocycles. The Bertz CT molecular complexity index is 1030. The number of ether oxygens (including phenoxy) is 1. The van der Waals surface area contributed by atoms with E-state index in [1.54, 1.807) is 0 Å². The van der Waals surface area contributed by atoms with Gasteiger partial charge >= 0.3 is 5.69 Å². The summed E-state index contributed by atoms with van der Waals surface area (Å²) in [5, 5.41) is 0. The third-order valence-electron chi connectivity index (χ3n) is 5.92. The van der Waals surface area contributed by atoms with Gasteiger partial charge in [-0.3, -0.25) is 19.1 Å². The van der Waals surface area contributed by atoms with Crippen LogP contribution in [0.2, 0.25) is 0 Å². The van der Waals surface area contributed by atoms with Crippen LogP contribution in [0.15, 0.2) is 33.9 Å². The van der Waals surface area contributed by atoms with E-state index < -0.39 is 11.2 Å². The smallest absolute Gasteiger partial charge is 0.330 e. The number of H-pyrrole nitrogens is 1. The Labute approximate surface area is 195 Å². The highest BCUT2D eigenvalue weighted by atomic mass is 16.5. The van der Waals surface area contributed by atoms with Crippen molar-refractivity contribution < 1.29 is 9.53 Å². The number of amides is 1. The van der Waals surface area contributed by atoms with Gasteiger partial charge in [-0.25, -0.2) is 4.79 Å². The van der Waals surface area contributed by atoms with Crippen LogP contribution < -0.4 is 26.6 Å². The summed E-state index contributed by atoms with van der Waals surface area (Å²) >= 11 is 0. The molecule has 0 fully saturated rings. The molecule has 0 radical (unpaired) electrons. The van der Waals surface area contributed by atoms with Crippen LogP contribution in [0.4, 0.5) is 11.5 Å². The third-order valence-corrected chi connectivity index (χ3v) is 5.92. The molecule has 0 aliphatic carbocycles. The molecule has 182 valence electrons.